The molecule has 0 saturated carbocycles. The SMILES string of the molecule is CCCc1nc(N)cc(-c2ccoc2)n1. The van der Waals surface area contributed by atoms with Gasteiger partial charge in [-0.25, -0.2) is 9.97 Å². The second-order valence-corrected chi connectivity index (χ2v) is 3.36. The summed E-state index contributed by atoms with van der Waals surface area (Å²) in [5.41, 5.74) is 7.47. The molecule has 0 amide bonds. The molecular weight excluding hydrogens is 190 g/mol. The van der Waals surface area contributed by atoms with E-state index in [1.807, 2.05) is 6.07 Å². The summed E-state index contributed by atoms with van der Waals surface area (Å²) in [6.45, 7) is 2.09. The zero-order chi connectivity index (χ0) is 10.7. The minimum Gasteiger partial charge on any atom is -0.472 e. The Morgan fingerprint density at radius 2 is 2.27 bits per heavy atom. The van der Waals surface area contributed by atoms with Crippen molar-refractivity contribution in [1.29, 1.82) is 0 Å². The highest BCUT2D eigenvalue weighted by Crippen LogP contribution is 2.19. The molecule has 78 valence electrons. The second-order valence-electron chi connectivity index (χ2n) is 3.36. The lowest BCUT2D eigenvalue weighted by atomic mass is 10.2. The summed E-state index contributed by atoms with van der Waals surface area (Å²) >= 11 is 0. The molecule has 0 unspecified atom stereocenters. The Morgan fingerprint density at radius 3 is 2.93 bits per heavy atom. The van der Waals surface area contributed by atoms with Crippen LogP contribution in [0.2, 0.25) is 0 Å². The summed E-state index contributed by atoms with van der Waals surface area (Å²) in [7, 11) is 0. The molecule has 15 heavy (non-hydrogen) atoms. The highest BCUT2D eigenvalue weighted by Gasteiger charge is 2.05. The zero-order valence-corrected chi connectivity index (χ0v) is 8.60. The maximum atomic E-state index is 5.71. The summed E-state index contributed by atoms with van der Waals surface area (Å²) in [6, 6.07) is 3.61. The van der Waals surface area contributed by atoms with Crippen molar-refractivity contribution in [3.63, 3.8) is 0 Å². The highest BCUT2D eigenvalue weighted by atomic mass is 16.3. The number of nitrogen functional groups attached to an aromatic ring is 1. The Hall–Kier alpha value is -1.84. The van der Waals surface area contributed by atoms with Crippen molar-refractivity contribution in [3.8, 4) is 11.3 Å². The van der Waals surface area contributed by atoms with Crippen molar-refractivity contribution in [2.75, 3.05) is 5.73 Å². The van der Waals surface area contributed by atoms with Crippen LogP contribution >= 0.6 is 0 Å². The third-order valence-electron chi connectivity index (χ3n) is 2.08. The number of furan rings is 1. The van der Waals surface area contributed by atoms with E-state index in [4.69, 9.17) is 10.2 Å². The standard InChI is InChI=1S/C11H13N3O/c1-2-3-11-13-9(6-10(12)14-11)8-4-5-15-7-8/h4-7H,2-3H2,1H3,(H2,12,13,14). The van der Waals surface area contributed by atoms with Gasteiger partial charge in [0.15, 0.2) is 0 Å². The zero-order valence-electron chi connectivity index (χ0n) is 8.60. The molecule has 0 aliphatic carbocycles. The van der Waals surface area contributed by atoms with Gasteiger partial charge in [-0.2, -0.15) is 0 Å². The van der Waals surface area contributed by atoms with Crippen LogP contribution in [0.25, 0.3) is 11.3 Å². The fourth-order valence-corrected chi connectivity index (χ4v) is 1.41. The Labute approximate surface area is 88.2 Å². The van der Waals surface area contributed by atoms with Crippen molar-refractivity contribution >= 4 is 5.82 Å². The molecule has 4 heteroatoms. The molecule has 0 radical (unpaired) electrons. The minimum absolute atomic E-state index is 0.504. The Balaban J connectivity index is 2.40. The fourth-order valence-electron chi connectivity index (χ4n) is 1.41. The predicted octanol–water partition coefficient (Wildman–Crippen LogP) is 2.27. The van der Waals surface area contributed by atoms with Crippen LogP contribution < -0.4 is 5.73 Å². The van der Waals surface area contributed by atoms with Crippen LogP contribution in [0.4, 0.5) is 5.82 Å². The number of nitrogens with two attached hydrogens (primary N) is 1. The van der Waals surface area contributed by atoms with Crippen molar-refractivity contribution in [3.05, 3.63) is 30.5 Å². The van der Waals surface area contributed by atoms with Gasteiger partial charge in [-0.1, -0.05) is 6.92 Å². The molecule has 0 spiro atoms. The van der Waals surface area contributed by atoms with E-state index in [0.717, 1.165) is 29.9 Å². The average Bonchev–Trinajstić information content (AvgIpc) is 2.70. The largest absolute Gasteiger partial charge is 0.472 e. The van der Waals surface area contributed by atoms with E-state index in [1.165, 1.54) is 0 Å². The fraction of sp³-hybridized carbons (Fsp3) is 0.273. The Kier molecular flexibility index (Phi) is 2.67. The van der Waals surface area contributed by atoms with E-state index in [2.05, 4.69) is 16.9 Å². The lowest BCUT2D eigenvalue weighted by Gasteiger charge is -2.02. The molecule has 0 aliphatic heterocycles. The molecular formula is C11H13N3O. The first-order chi connectivity index (χ1) is 7.29. The van der Waals surface area contributed by atoms with Gasteiger partial charge in [-0.3, -0.25) is 0 Å². The van der Waals surface area contributed by atoms with Crippen molar-refractivity contribution < 1.29 is 4.42 Å². The van der Waals surface area contributed by atoms with Gasteiger partial charge in [0.05, 0.1) is 18.2 Å². The van der Waals surface area contributed by atoms with Crippen LogP contribution in [0, 0.1) is 0 Å². The minimum atomic E-state index is 0.504. The van der Waals surface area contributed by atoms with Gasteiger partial charge in [0.25, 0.3) is 0 Å². The lowest BCUT2D eigenvalue weighted by molar-refractivity contribution is 0.568. The van der Waals surface area contributed by atoms with E-state index >= 15 is 0 Å². The number of hydrogen-bond acceptors (Lipinski definition) is 4. The van der Waals surface area contributed by atoms with E-state index in [9.17, 15) is 0 Å². The van der Waals surface area contributed by atoms with Gasteiger partial charge >= 0.3 is 0 Å². The molecule has 2 aromatic heterocycles. The normalized spacial score (nSPS) is 10.5. The van der Waals surface area contributed by atoms with Crippen LogP contribution in [-0.4, -0.2) is 9.97 Å². The highest BCUT2D eigenvalue weighted by molar-refractivity contribution is 5.60. The molecule has 0 aliphatic rings. The number of anilines is 1. The van der Waals surface area contributed by atoms with Gasteiger partial charge in [-0.05, 0) is 12.5 Å². The Morgan fingerprint density at radius 1 is 1.40 bits per heavy atom. The third kappa shape index (κ3) is 2.15. The van der Waals surface area contributed by atoms with E-state index in [1.54, 1.807) is 18.6 Å². The van der Waals surface area contributed by atoms with Crippen LogP contribution in [0.3, 0.4) is 0 Å². The topological polar surface area (TPSA) is 64.9 Å². The first-order valence-electron chi connectivity index (χ1n) is 4.95. The summed E-state index contributed by atoms with van der Waals surface area (Å²) < 4.78 is 5.01. The molecule has 2 heterocycles. The van der Waals surface area contributed by atoms with Gasteiger partial charge in [0.2, 0.25) is 0 Å². The van der Waals surface area contributed by atoms with Crippen molar-refractivity contribution in [1.82, 2.24) is 9.97 Å². The maximum Gasteiger partial charge on any atom is 0.131 e. The Bertz CT molecular complexity index is 437. The lowest BCUT2D eigenvalue weighted by Crippen LogP contribution is -2.00. The van der Waals surface area contributed by atoms with Crippen LogP contribution in [0.5, 0.6) is 0 Å². The monoisotopic (exact) mass is 203 g/mol. The molecule has 2 rings (SSSR count). The van der Waals surface area contributed by atoms with Gasteiger partial charge in [-0.15, -0.1) is 0 Å². The summed E-state index contributed by atoms with van der Waals surface area (Å²) in [4.78, 5) is 8.58. The van der Waals surface area contributed by atoms with Crippen LogP contribution in [0.15, 0.2) is 29.1 Å². The first-order valence-corrected chi connectivity index (χ1v) is 4.95. The molecule has 0 saturated heterocycles. The number of aryl methyl sites for hydroxylation is 1. The van der Waals surface area contributed by atoms with E-state index < -0.39 is 0 Å². The predicted molar refractivity (Wildman–Crippen MR) is 58.1 cm³/mol. The summed E-state index contributed by atoms with van der Waals surface area (Å²) in [6.07, 6.45) is 5.12. The molecule has 0 atom stereocenters. The van der Waals surface area contributed by atoms with Gasteiger partial charge < -0.3 is 10.2 Å². The summed E-state index contributed by atoms with van der Waals surface area (Å²) in [5, 5.41) is 0. The van der Waals surface area contributed by atoms with E-state index in [0.29, 0.717) is 5.82 Å². The molecule has 0 bridgehead atoms. The van der Waals surface area contributed by atoms with Gasteiger partial charge in [0.1, 0.15) is 11.6 Å². The molecule has 4 nitrogen and oxygen atoms in total. The molecule has 2 aromatic rings. The smallest absolute Gasteiger partial charge is 0.131 e. The second kappa shape index (κ2) is 4.13. The van der Waals surface area contributed by atoms with Crippen molar-refractivity contribution in [2.24, 2.45) is 0 Å². The van der Waals surface area contributed by atoms with Crippen LogP contribution in [0.1, 0.15) is 19.2 Å². The van der Waals surface area contributed by atoms with Crippen molar-refractivity contribution in [2.45, 2.75) is 19.8 Å². The molecule has 0 aromatic carbocycles. The summed E-state index contributed by atoms with van der Waals surface area (Å²) in [5.74, 6) is 1.29. The van der Waals surface area contributed by atoms with Gasteiger partial charge in [0, 0.05) is 18.1 Å². The number of aromatic nitrogens is 2. The quantitative estimate of drug-likeness (QED) is 0.831. The van der Waals surface area contributed by atoms with E-state index in [-0.39, 0.29) is 0 Å². The average molecular weight is 203 g/mol. The number of rotatable bonds is 3. The molecule has 2 N–H and O–H groups in total. The first kappa shape index (κ1) is 9.71. The maximum absolute atomic E-state index is 5.71. The molecule has 0 fully saturated rings. The third-order valence-corrected chi connectivity index (χ3v) is 2.08. The van der Waals surface area contributed by atoms with Crippen LogP contribution in [-0.2, 0) is 6.42 Å². The number of nitrogens with zero attached hydrogens (tertiary/aromatic N) is 2. The number of hydrogen-bond donors (Lipinski definition) is 1.